The summed E-state index contributed by atoms with van der Waals surface area (Å²) in [5, 5.41) is 3.48. The second kappa shape index (κ2) is 5.08. The summed E-state index contributed by atoms with van der Waals surface area (Å²) in [4.78, 5) is 15.7. The average Bonchev–Trinajstić information content (AvgIpc) is 3.13. The number of aromatic amines is 1. The van der Waals surface area contributed by atoms with E-state index in [2.05, 4.69) is 10.3 Å². The van der Waals surface area contributed by atoms with Gasteiger partial charge in [0.25, 0.3) is 0 Å². The second-order valence-corrected chi connectivity index (χ2v) is 5.72. The molecule has 1 aliphatic rings. The highest BCUT2D eigenvalue weighted by molar-refractivity contribution is 7.09. The zero-order valence-corrected chi connectivity index (χ0v) is 10.9. The van der Waals surface area contributed by atoms with E-state index in [0.29, 0.717) is 0 Å². The first-order valence-corrected chi connectivity index (χ1v) is 7.15. The Morgan fingerprint density at radius 3 is 2.78 bits per heavy atom. The normalized spacial score (nSPS) is 14.9. The minimum atomic E-state index is 0.0373. The Morgan fingerprint density at radius 2 is 2.06 bits per heavy atom. The van der Waals surface area contributed by atoms with Crippen LogP contribution >= 0.6 is 11.3 Å². The summed E-state index contributed by atoms with van der Waals surface area (Å²) in [5.41, 5.74) is 2.08. The van der Waals surface area contributed by atoms with Crippen molar-refractivity contribution in [1.82, 2.24) is 10.3 Å². The van der Waals surface area contributed by atoms with Gasteiger partial charge in [-0.05, 0) is 24.8 Å². The molecule has 3 rings (SSSR count). The molecular formula is C14H16N2OS. The van der Waals surface area contributed by atoms with Crippen molar-refractivity contribution in [2.75, 3.05) is 6.54 Å². The van der Waals surface area contributed by atoms with Gasteiger partial charge < -0.3 is 10.3 Å². The number of nitrogens with one attached hydrogen (secondary N) is 2. The Bertz CT molecular complexity index is 569. The van der Waals surface area contributed by atoms with Crippen LogP contribution in [-0.4, -0.2) is 17.6 Å². The predicted molar refractivity (Wildman–Crippen MR) is 75.1 cm³/mol. The van der Waals surface area contributed by atoms with E-state index < -0.39 is 0 Å². The van der Waals surface area contributed by atoms with Crippen molar-refractivity contribution in [2.45, 2.75) is 25.3 Å². The first kappa shape index (κ1) is 11.7. The number of H-pyrrole nitrogens is 1. The highest BCUT2D eigenvalue weighted by atomic mass is 32.1. The van der Waals surface area contributed by atoms with Crippen LogP contribution in [0.25, 0.3) is 11.3 Å². The predicted octanol–water partition coefficient (Wildman–Crippen LogP) is 2.40. The van der Waals surface area contributed by atoms with E-state index in [1.54, 1.807) is 0 Å². The van der Waals surface area contributed by atoms with Crippen molar-refractivity contribution in [2.24, 2.45) is 0 Å². The van der Waals surface area contributed by atoms with Crippen molar-refractivity contribution in [1.29, 1.82) is 0 Å². The minimum Gasteiger partial charge on any atom is -0.314 e. The summed E-state index contributed by atoms with van der Waals surface area (Å²) in [7, 11) is 0. The van der Waals surface area contributed by atoms with Gasteiger partial charge in [0.05, 0.1) is 5.69 Å². The molecule has 0 atom stereocenters. The monoisotopic (exact) mass is 260 g/mol. The van der Waals surface area contributed by atoms with Crippen LogP contribution in [0.5, 0.6) is 0 Å². The number of hydrogen-bond acceptors (Lipinski definition) is 3. The SMILES string of the molecule is O=c1[nH]c(-c2ccccc2)c(CCNC2CC2)s1. The number of benzene rings is 1. The number of aromatic nitrogens is 1. The Morgan fingerprint density at radius 1 is 1.28 bits per heavy atom. The summed E-state index contributed by atoms with van der Waals surface area (Å²) in [6.07, 6.45) is 3.52. The van der Waals surface area contributed by atoms with Crippen LogP contribution in [0.4, 0.5) is 0 Å². The second-order valence-electron chi connectivity index (χ2n) is 4.66. The third kappa shape index (κ3) is 2.71. The van der Waals surface area contributed by atoms with Crippen LogP contribution in [0.3, 0.4) is 0 Å². The van der Waals surface area contributed by atoms with Gasteiger partial charge in [0.15, 0.2) is 0 Å². The van der Waals surface area contributed by atoms with E-state index in [1.807, 2.05) is 30.3 Å². The zero-order valence-electron chi connectivity index (χ0n) is 10.1. The fraction of sp³-hybridized carbons (Fsp3) is 0.357. The lowest BCUT2D eigenvalue weighted by molar-refractivity contribution is 0.685. The fourth-order valence-electron chi connectivity index (χ4n) is 2.05. The summed E-state index contributed by atoms with van der Waals surface area (Å²) in [6.45, 7) is 0.957. The Balaban J connectivity index is 1.78. The minimum absolute atomic E-state index is 0.0373. The highest BCUT2D eigenvalue weighted by Gasteiger charge is 2.20. The number of thiazole rings is 1. The van der Waals surface area contributed by atoms with E-state index in [0.717, 1.165) is 35.1 Å². The zero-order chi connectivity index (χ0) is 12.4. The van der Waals surface area contributed by atoms with Crippen LogP contribution in [0.15, 0.2) is 35.1 Å². The van der Waals surface area contributed by atoms with Crippen molar-refractivity contribution in [3.63, 3.8) is 0 Å². The van der Waals surface area contributed by atoms with Crippen molar-refractivity contribution in [3.05, 3.63) is 44.9 Å². The largest absolute Gasteiger partial charge is 0.314 e. The summed E-state index contributed by atoms with van der Waals surface area (Å²) < 4.78 is 0. The molecule has 0 spiro atoms. The molecule has 3 nitrogen and oxygen atoms in total. The molecule has 1 aromatic heterocycles. The lowest BCUT2D eigenvalue weighted by atomic mass is 10.1. The third-order valence-corrected chi connectivity index (χ3v) is 4.09. The van der Waals surface area contributed by atoms with Gasteiger partial charge in [-0.1, -0.05) is 41.7 Å². The quantitative estimate of drug-likeness (QED) is 0.867. The molecule has 1 aliphatic carbocycles. The lowest BCUT2D eigenvalue weighted by Gasteiger charge is -2.04. The van der Waals surface area contributed by atoms with Gasteiger partial charge in [-0.15, -0.1) is 0 Å². The first-order valence-electron chi connectivity index (χ1n) is 6.34. The Labute approximate surface area is 110 Å². The van der Waals surface area contributed by atoms with Crippen molar-refractivity contribution < 1.29 is 0 Å². The highest BCUT2D eigenvalue weighted by Crippen LogP contribution is 2.24. The van der Waals surface area contributed by atoms with Gasteiger partial charge in [-0.2, -0.15) is 0 Å². The summed E-state index contributed by atoms with van der Waals surface area (Å²) >= 11 is 1.33. The van der Waals surface area contributed by atoms with Gasteiger partial charge in [-0.25, -0.2) is 0 Å². The molecule has 1 fully saturated rings. The van der Waals surface area contributed by atoms with Crippen LogP contribution in [0, 0.1) is 0 Å². The molecule has 2 N–H and O–H groups in total. The molecule has 0 aliphatic heterocycles. The molecule has 0 radical (unpaired) electrons. The molecule has 0 amide bonds. The molecular weight excluding hydrogens is 244 g/mol. The average molecular weight is 260 g/mol. The fourth-order valence-corrected chi connectivity index (χ4v) is 2.90. The smallest absolute Gasteiger partial charge is 0.305 e. The summed E-state index contributed by atoms with van der Waals surface area (Å²) in [6, 6.07) is 10.8. The van der Waals surface area contributed by atoms with Crippen LogP contribution < -0.4 is 10.2 Å². The van der Waals surface area contributed by atoms with E-state index in [4.69, 9.17) is 0 Å². The van der Waals surface area contributed by atoms with E-state index in [1.165, 1.54) is 24.2 Å². The molecule has 1 aromatic carbocycles. The van der Waals surface area contributed by atoms with Gasteiger partial charge >= 0.3 is 4.87 Å². The maximum atomic E-state index is 11.5. The maximum Gasteiger partial charge on any atom is 0.305 e. The lowest BCUT2D eigenvalue weighted by Crippen LogP contribution is -2.19. The molecule has 0 saturated heterocycles. The van der Waals surface area contributed by atoms with Gasteiger partial charge in [0, 0.05) is 17.5 Å². The van der Waals surface area contributed by atoms with Gasteiger partial charge in [0.2, 0.25) is 0 Å². The van der Waals surface area contributed by atoms with E-state index in [9.17, 15) is 4.79 Å². The van der Waals surface area contributed by atoms with Crippen LogP contribution in [-0.2, 0) is 6.42 Å². The van der Waals surface area contributed by atoms with Crippen LogP contribution in [0.2, 0.25) is 0 Å². The summed E-state index contributed by atoms with van der Waals surface area (Å²) in [5.74, 6) is 0. The molecule has 18 heavy (non-hydrogen) atoms. The molecule has 0 unspecified atom stereocenters. The Kier molecular flexibility index (Phi) is 3.30. The molecule has 1 saturated carbocycles. The van der Waals surface area contributed by atoms with Crippen LogP contribution in [0.1, 0.15) is 17.7 Å². The van der Waals surface area contributed by atoms with Crippen molar-refractivity contribution in [3.8, 4) is 11.3 Å². The van der Waals surface area contributed by atoms with Crippen molar-refractivity contribution >= 4 is 11.3 Å². The number of hydrogen-bond donors (Lipinski definition) is 2. The number of rotatable bonds is 5. The van der Waals surface area contributed by atoms with E-state index >= 15 is 0 Å². The van der Waals surface area contributed by atoms with Gasteiger partial charge in [0.1, 0.15) is 0 Å². The van der Waals surface area contributed by atoms with Gasteiger partial charge in [-0.3, -0.25) is 4.79 Å². The molecule has 0 bridgehead atoms. The first-order chi connectivity index (χ1) is 8.83. The maximum absolute atomic E-state index is 11.5. The topological polar surface area (TPSA) is 44.9 Å². The molecule has 94 valence electrons. The van der Waals surface area contributed by atoms with E-state index in [-0.39, 0.29) is 4.87 Å². The molecule has 4 heteroatoms. The third-order valence-electron chi connectivity index (χ3n) is 3.15. The Hall–Kier alpha value is -1.39. The molecule has 1 heterocycles. The standard InChI is InChI=1S/C14H16N2OS/c17-14-16-13(10-4-2-1-3-5-10)12(18-14)8-9-15-11-6-7-11/h1-5,11,15H,6-9H2,(H,16,17). The molecule has 2 aromatic rings.